The van der Waals surface area contributed by atoms with Crippen LogP contribution in [0.1, 0.15) is 11.1 Å². The minimum absolute atomic E-state index is 0.127. The molecule has 12 heavy (non-hydrogen) atoms. The Morgan fingerprint density at radius 3 is 2.50 bits per heavy atom. The average Bonchev–Trinajstić information content (AvgIpc) is 2.01. The number of hydrogen-bond acceptors (Lipinski definition) is 2. The summed E-state index contributed by atoms with van der Waals surface area (Å²) in [6, 6.07) is 1.77. The summed E-state index contributed by atoms with van der Waals surface area (Å²) in [6.07, 6.45) is 0. The van der Waals surface area contributed by atoms with Crippen LogP contribution in [-0.2, 0) is 0 Å². The van der Waals surface area contributed by atoms with Crippen LogP contribution in [0.25, 0.3) is 0 Å². The van der Waals surface area contributed by atoms with Crippen molar-refractivity contribution in [2.75, 3.05) is 7.11 Å². The van der Waals surface area contributed by atoms with Gasteiger partial charge in [0.2, 0.25) is 0 Å². The monoisotopic (exact) mass is 186 g/mol. The summed E-state index contributed by atoms with van der Waals surface area (Å²) in [5, 5.41) is 9.99. The van der Waals surface area contributed by atoms with Gasteiger partial charge in [-0.25, -0.2) is 0 Å². The van der Waals surface area contributed by atoms with Crippen molar-refractivity contribution >= 4 is 11.6 Å². The first-order valence-corrected chi connectivity index (χ1v) is 3.98. The minimum Gasteiger partial charge on any atom is -0.504 e. The standard InChI is InChI=1S/C9H11ClO2/c1-5-4-7(10)9(12-3)8(11)6(5)2/h4,11H,1-3H3. The molecule has 1 aromatic rings. The molecule has 0 radical (unpaired) electrons. The fourth-order valence-electron chi connectivity index (χ4n) is 1.03. The highest BCUT2D eigenvalue weighted by molar-refractivity contribution is 6.32. The van der Waals surface area contributed by atoms with Crippen LogP contribution in [0, 0.1) is 13.8 Å². The van der Waals surface area contributed by atoms with Crippen molar-refractivity contribution in [2.24, 2.45) is 0 Å². The lowest BCUT2D eigenvalue weighted by molar-refractivity contribution is 0.371. The van der Waals surface area contributed by atoms with Gasteiger partial charge in [0.25, 0.3) is 0 Å². The molecule has 1 aromatic carbocycles. The highest BCUT2D eigenvalue weighted by Crippen LogP contribution is 2.38. The second-order valence-corrected chi connectivity index (χ2v) is 3.09. The lowest BCUT2D eigenvalue weighted by Gasteiger charge is -2.09. The van der Waals surface area contributed by atoms with Crippen LogP contribution in [-0.4, -0.2) is 12.2 Å². The normalized spacial score (nSPS) is 10.0. The van der Waals surface area contributed by atoms with E-state index in [0.717, 1.165) is 11.1 Å². The van der Waals surface area contributed by atoms with Crippen LogP contribution in [0.15, 0.2) is 6.07 Å². The molecule has 1 N–H and O–H groups in total. The Balaban J connectivity index is 3.40. The second-order valence-electron chi connectivity index (χ2n) is 2.68. The van der Waals surface area contributed by atoms with Gasteiger partial charge in [0.05, 0.1) is 12.1 Å². The predicted molar refractivity (Wildman–Crippen MR) is 49.1 cm³/mol. The van der Waals surface area contributed by atoms with E-state index in [1.165, 1.54) is 7.11 Å². The largest absolute Gasteiger partial charge is 0.504 e. The molecule has 0 amide bonds. The third-order valence-electron chi connectivity index (χ3n) is 1.93. The van der Waals surface area contributed by atoms with E-state index in [2.05, 4.69) is 0 Å². The fraction of sp³-hybridized carbons (Fsp3) is 0.333. The third-order valence-corrected chi connectivity index (χ3v) is 2.21. The van der Waals surface area contributed by atoms with E-state index < -0.39 is 0 Å². The van der Waals surface area contributed by atoms with Gasteiger partial charge >= 0.3 is 0 Å². The molecular formula is C9H11ClO2. The van der Waals surface area contributed by atoms with E-state index in [0.29, 0.717) is 10.8 Å². The van der Waals surface area contributed by atoms with Gasteiger partial charge in [-0.1, -0.05) is 11.6 Å². The summed E-state index contributed by atoms with van der Waals surface area (Å²) in [5.41, 5.74) is 1.76. The van der Waals surface area contributed by atoms with Crippen molar-refractivity contribution in [3.8, 4) is 11.5 Å². The summed E-state index contributed by atoms with van der Waals surface area (Å²) in [7, 11) is 1.48. The van der Waals surface area contributed by atoms with Gasteiger partial charge in [-0.05, 0) is 31.0 Å². The van der Waals surface area contributed by atoms with Gasteiger partial charge in [-0.3, -0.25) is 0 Å². The molecule has 2 nitrogen and oxygen atoms in total. The minimum atomic E-state index is 0.127. The van der Waals surface area contributed by atoms with Crippen molar-refractivity contribution in [3.63, 3.8) is 0 Å². The topological polar surface area (TPSA) is 29.5 Å². The quantitative estimate of drug-likeness (QED) is 0.731. The lowest BCUT2D eigenvalue weighted by atomic mass is 10.1. The molecule has 0 aliphatic carbocycles. The first-order chi connectivity index (χ1) is 5.57. The molecule has 0 aliphatic rings. The van der Waals surface area contributed by atoms with Gasteiger partial charge in [-0.2, -0.15) is 0 Å². The van der Waals surface area contributed by atoms with Crippen molar-refractivity contribution in [3.05, 3.63) is 22.2 Å². The number of aromatic hydroxyl groups is 1. The summed E-state index contributed by atoms with van der Waals surface area (Å²) in [4.78, 5) is 0. The highest BCUT2D eigenvalue weighted by atomic mass is 35.5. The molecular weight excluding hydrogens is 176 g/mol. The number of hydrogen-bond donors (Lipinski definition) is 1. The molecule has 0 saturated carbocycles. The molecule has 0 spiro atoms. The molecule has 0 aromatic heterocycles. The van der Waals surface area contributed by atoms with Gasteiger partial charge < -0.3 is 9.84 Å². The molecule has 66 valence electrons. The molecule has 0 aliphatic heterocycles. The first-order valence-electron chi connectivity index (χ1n) is 3.60. The number of halogens is 1. The van der Waals surface area contributed by atoms with Crippen molar-refractivity contribution in [1.82, 2.24) is 0 Å². The Morgan fingerprint density at radius 1 is 1.42 bits per heavy atom. The lowest BCUT2D eigenvalue weighted by Crippen LogP contribution is -1.89. The number of phenols is 1. The summed E-state index contributed by atoms with van der Waals surface area (Å²) < 4.78 is 4.93. The summed E-state index contributed by atoms with van der Waals surface area (Å²) in [6.45, 7) is 3.71. The average molecular weight is 187 g/mol. The zero-order valence-corrected chi connectivity index (χ0v) is 8.07. The van der Waals surface area contributed by atoms with E-state index in [4.69, 9.17) is 16.3 Å². The number of benzene rings is 1. The SMILES string of the molecule is COc1c(Cl)cc(C)c(C)c1O. The Kier molecular flexibility index (Phi) is 2.48. The van der Waals surface area contributed by atoms with Crippen molar-refractivity contribution in [1.29, 1.82) is 0 Å². The number of rotatable bonds is 1. The highest BCUT2D eigenvalue weighted by Gasteiger charge is 2.11. The first kappa shape index (κ1) is 9.20. The molecule has 0 unspecified atom stereocenters. The molecule has 0 bridgehead atoms. The van der Waals surface area contributed by atoms with Gasteiger partial charge in [0, 0.05) is 0 Å². The number of ether oxygens (including phenoxy) is 1. The Bertz CT molecular complexity index is 308. The smallest absolute Gasteiger partial charge is 0.179 e. The molecule has 0 heterocycles. The van der Waals surface area contributed by atoms with Crippen LogP contribution in [0.2, 0.25) is 5.02 Å². The van der Waals surface area contributed by atoms with Crippen LogP contribution in [0.4, 0.5) is 0 Å². The number of aryl methyl sites for hydroxylation is 1. The van der Waals surface area contributed by atoms with E-state index in [-0.39, 0.29) is 5.75 Å². The summed E-state index contributed by atoms with van der Waals surface area (Å²) in [5.74, 6) is 0.474. The number of methoxy groups -OCH3 is 1. The van der Waals surface area contributed by atoms with Crippen LogP contribution >= 0.6 is 11.6 Å². The fourth-order valence-corrected chi connectivity index (χ4v) is 1.36. The van der Waals surface area contributed by atoms with E-state index >= 15 is 0 Å². The molecule has 0 atom stereocenters. The zero-order chi connectivity index (χ0) is 9.30. The Morgan fingerprint density at radius 2 is 2.00 bits per heavy atom. The predicted octanol–water partition coefficient (Wildman–Crippen LogP) is 2.67. The third kappa shape index (κ3) is 1.34. The van der Waals surface area contributed by atoms with Crippen LogP contribution in [0.3, 0.4) is 0 Å². The van der Waals surface area contributed by atoms with E-state index in [1.807, 2.05) is 13.8 Å². The number of phenolic OH excluding ortho intramolecular Hbond substituents is 1. The van der Waals surface area contributed by atoms with Gasteiger partial charge in [0.15, 0.2) is 11.5 Å². The summed E-state index contributed by atoms with van der Waals surface area (Å²) >= 11 is 5.82. The van der Waals surface area contributed by atoms with Crippen molar-refractivity contribution < 1.29 is 9.84 Å². The molecule has 1 rings (SSSR count). The second kappa shape index (κ2) is 3.23. The Hall–Kier alpha value is -0.890. The maximum Gasteiger partial charge on any atom is 0.179 e. The Labute approximate surface area is 76.7 Å². The van der Waals surface area contributed by atoms with Crippen LogP contribution < -0.4 is 4.74 Å². The maximum atomic E-state index is 9.55. The maximum absolute atomic E-state index is 9.55. The zero-order valence-electron chi connectivity index (χ0n) is 7.31. The van der Waals surface area contributed by atoms with E-state index in [1.54, 1.807) is 6.07 Å². The van der Waals surface area contributed by atoms with E-state index in [9.17, 15) is 5.11 Å². The van der Waals surface area contributed by atoms with Gasteiger partial charge in [0.1, 0.15) is 0 Å². The van der Waals surface area contributed by atoms with Gasteiger partial charge in [-0.15, -0.1) is 0 Å². The molecule has 0 saturated heterocycles. The van der Waals surface area contributed by atoms with Crippen LogP contribution in [0.5, 0.6) is 11.5 Å². The molecule has 3 heteroatoms. The molecule has 0 fully saturated rings. The van der Waals surface area contributed by atoms with Crippen molar-refractivity contribution in [2.45, 2.75) is 13.8 Å².